The molecular formula is C21H29N3O3. The van der Waals surface area contributed by atoms with E-state index in [4.69, 9.17) is 0 Å². The van der Waals surface area contributed by atoms with E-state index in [2.05, 4.69) is 41.6 Å². The molecule has 2 atom stereocenters. The van der Waals surface area contributed by atoms with Crippen LogP contribution in [0.3, 0.4) is 0 Å². The summed E-state index contributed by atoms with van der Waals surface area (Å²) >= 11 is 0. The van der Waals surface area contributed by atoms with Gasteiger partial charge in [-0.3, -0.25) is 4.79 Å². The second-order valence-electron chi connectivity index (χ2n) is 6.73. The van der Waals surface area contributed by atoms with E-state index in [9.17, 15) is 15.0 Å². The Balaban J connectivity index is 1.84. The molecule has 2 aromatic carbocycles. The monoisotopic (exact) mass is 371 g/mol. The van der Waals surface area contributed by atoms with Crippen LogP contribution in [-0.4, -0.2) is 49.3 Å². The third-order valence-electron chi connectivity index (χ3n) is 4.63. The minimum atomic E-state index is -0.761. The van der Waals surface area contributed by atoms with Crippen LogP contribution in [0.25, 0.3) is 0 Å². The van der Waals surface area contributed by atoms with Crippen molar-refractivity contribution in [2.45, 2.75) is 25.5 Å². The lowest BCUT2D eigenvalue weighted by Gasteiger charge is -2.23. The Morgan fingerprint density at radius 3 is 2.56 bits per heavy atom. The highest BCUT2D eigenvalue weighted by Gasteiger charge is 2.15. The van der Waals surface area contributed by atoms with Crippen LogP contribution < -0.4 is 15.5 Å². The summed E-state index contributed by atoms with van der Waals surface area (Å²) in [7, 11) is 3.56. The summed E-state index contributed by atoms with van der Waals surface area (Å²) < 4.78 is 0. The smallest absolute Gasteiger partial charge is 0.254 e. The third kappa shape index (κ3) is 5.98. The maximum absolute atomic E-state index is 11.8. The quantitative estimate of drug-likeness (QED) is 0.544. The van der Waals surface area contributed by atoms with E-state index in [0.717, 1.165) is 13.0 Å². The summed E-state index contributed by atoms with van der Waals surface area (Å²) in [6.45, 7) is 3.35. The number of nitrogens with zero attached hydrogens (tertiary/aromatic N) is 1. The SMILES string of the molecule is CNC(=O)c1cc(C(O)CNC(C)CCN(C)c2ccccc2)ccc1O. The molecule has 27 heavy (non-hydrogen) atoms. The molecule has 2 rings (SSSR count). The molecule has 146 valence electrons. The number of aromatic hydroxyl groups is 1. The molecule has 2 unspecified atom stereocenters. The van der Waals surface area contributed by atoms with E-state index in [1.54, 1.807) is 6.07 Å². The van der Waals surface area contributed by atoms with Crippen molar-refractivity contribution in [3.05, 3.63) is 59.7 Å². The minimum Gasteiger partial charge on any atom is -0.507 e. The molecule has 0 saturated heterocycles. The van der Waals surface area contributed by atoms with Crippen LogP contribution in [0.4, 0.5) is 5.69 Å². The Morgan fingerprint density at radius 2 is 1.89 bits per heavy atom. The molecule has 0 bridgehead atoms. The molecule has 0 aliphatic heterocycles. The van der Waals surface area contributed by atoms with Crippen molar-refractivity contribution in [1.29, 1.82) is 0 Å². The van der Waals surface area contributed by atoms with Gasteiger partial charge in [-0.05, 0) is 43.2 Å². The average Bonchev–Trinajstić information content (AvgIpc) is 2.70. The van der Waals surface area contributed by atoms with Crippen molar-refractivity contribution in [1.82, 2.24) is 10.6 Å². The average molecular weight is 371 g/mol. The highest BCUT2D eigenvalue weighted by atomic mass is 16.3. The zero-order valence-electron chi connectivity index (χ0n) is 16.1. The Morgan fingerprint density at radius 1 is 1.19 bits per heavy atom. The number of anilines is 1. The van der Waals surface area contributed by atoms with Gasteiger partial charge >= 0.3 is 0 Å². The predicted molar refractivity (Wildman–Crippen MR) is 108 cm³/mol. The van der Waals surface area contributed by atoms with Gasteiger partial charge in [-0.15, -0.1) is 0 Å². The first-order chi connectivity index (χ1) is 12.9. The van der Waals surface area contributed by atoms with Gasteiger partial charge in [0.2, 0.25) is 0 Å². The van der Waals surface area contributed by atoms with Gasteiger partial charge in [-0.25, -0.2) is 0 Å². The van der Waals surface area contributed by atoms with E-state index in [-0.39, 0.29) is 23.3 Å². The summed E-state index contributed by atoms with van der Waals surface area (Å²) in [6, 6.07) is 15.0. The number of nitrogens with one attached hydrogen (secondary N) is 2. The number of phenols is 1. The van der Waals surface area contributed by atoms with Crippen molar-refractivity contribution in [3.63, 3.8) is 0 Å². The van der Waals surface area contributed by atoms with Gasteiger partial charge in [0, 0.05) is 38.9 Å². The molecular weight excluding hydrogens is 342 g/mol. The fourth-order valence-electron chi connectivity index (χ4n) is 2.81. The summed E-state index contributed by atoms with van der Waals surface area (Å²) in [6.07, 6.45) is 0.167. The van der Waals surface area contributed by atoms with Crippen LogP contribution in [0.1, 0.15) is 35.4 Å². The molecule has 1 amide bonds. The van der Waals surface area contributed by atoms with Gasteiger partial charge in [-0.1, -0.05) is 24.3 Å². The number of carbonyl (C=O) groups is 1. The predicted octanol–water partition coefficient (Wildman–Crippen LogP) is 2.29. The summed E-state index contributed by atoms with van der Waals surface area (Å²) in [5, 5.41) is 26.0. The third-order valence-corrected chi connectivity index (χ3v) is 4.63. The number of rotatable bonds is 9. The summed E-state index contributed by atoms with van der Waals surface area (Å²) in [5.41, 5.74) is 1.93. The Bertz CT molecular complexity index is 737. The topological polar surface area (TPSA) is 84.8 Å². The first kappa shape index (κ1) is 20.7. The molecule has 0 aliphatic carbocycles. The Kier molecular flexibility index (Phi) is 7.64. The van der Waals surface area contributed by atoms with Gasteiger partial charge in [0.15, 0.2) is 0 Å². The summed E-state index contributed by atoms with van der Waals surface area (Å²) in [4.78, 5) is 14.0. The van der Waals surface area contributed by atoms with Crippen LogP contribution in [0, 0.1) is 0 Å². The van der Waals surface area contributed by atoms with Gasteiger partial charge in [0.05, 0.1) is 11.7 Å². The van der Waals surface area contributed by atoms with Crippen LogP contribution in [-0.2, 0) is 0 Å². The lowest BCUT2D eigenvalue weighted by molar-refractivity contribution is 0.0960. The van der Waals surface area contributed by atoms with Crippen molar-refractivity contribution in [2.24, 2.45) is 0 Å². The maximum atomic E-state index is 11.8. The molecule has 6 heteroatoms. The van der Waals surface area contributed by atoms with E-state index in [1.807, 2.05) is 18.2 Å². The molecule has 6 nitrogen and oxygen atoms in total. The fraction of sp³-hybridized carbons (Fsp3) is 0.381. The molecule has 0 fully saturated rings. The number of hydrogen-bond acceptors (Lipinski definition) is 5. The number of hydrogen-bond donors (Lipinski definition) is 4. The van der Waals surface area contributed by atoms with Crippen molar-refractivity contribution in [3.8, 4) is 5.75 Å². The van der Waals surface area contributed by atoms with Gasteiger partial charge < -0.3 is 25.7 Å². The summed E-state index contributed by atoms with van der Waals surface area (Å²) in [5.74, 6) is -0.484. The highest BCUT2D eigenvalue weighted by Crippen LogP contribution is 2.22. The molecule has 2 aromatic rings. The largest absolute Gasteiger partial charge is 0.507 e. The van der Waals surface area contributed by atoms with E-state index < -0.39 is 6.10 Å². The number of aliphatic hydroxyl groups excluding tert-OH is 1. The second kappa shape index (κ2) is 9.94. The molecule has 0 aliphatic rings. The zero-order chi connectivity index (χ0) is 19.8. The number of phenolic OH excluding ortho intramolecular Hbond substituents is 1. The fourth-order valence-corrected chi connectivity index (χ4v) is 2.81. The maximum Gasteiger partial charge on any atom is 0.254 e. The molecule has 0 heterocycles. The van der Waals surface area contributed by atoms with Crippen molar-refractivity contribution in [2.75, 3.05) is 32.1 Å². The van der Waals surface area contributed by atoms with Crippen LogP contribution >= 0.6 is 0 Å². The molecule has 0 radical (unpaired) electrons. The lowest BCUT2D eigenvalue weighted by atomic mass is 10.0. The molecule has 0 spiro atoms. The molecule has 0 saturated carbocycles. The van der Waals surface area contributed by atoms with Gasteiger partial charge in [0.25, 0.3) is 5.91 Å². The Hall–Kier alpha value is -2.57. The van der Waals surface area contributed by atoms with Crippen molar-refractivity contribution < 1.29 is 15.0 Å². The normalized spacial score (nSPS) is 13.0. The molecule has 0 aromatic heterocycles. The van der Waals surface area contributed by atoms with E-state index in [1.165, 1.54) is 24.9 Å². The standard InChI is InChI=1S/C21H29N3O3/c1-15(11-12-24(3)17-7-5-4-6-8-17)23-14-20(26)16-9-10-19(25)18(13-16)21(27)22-2/h4-10,13,15,20,23,25-26H,11-12,14H2,1-3H3,(H,22,27). The molecule has 4 N–H and O–H groups in total. The number of para-hydroxylation sites is 1. The van der Waals surface area contributed by atoms with Gasteiger partial charge in [0.1, 0.15) is 5.75 Å². The highest BCUT2D eigenvalue weighted by molar-refractivity contribution is 5.96. The zero-order valence-corrected chi connectivity index (χ0v) is 16.1. The second-order valence-corrected chi connectivity index (χ2v) is 6.73. The van der Waals surface area contributed by atoms with Gasteiger partial charge in [-0.2, -0.15) is 0 Å². The van der Waals surface area contributed by atoms with E-state index in [0.29, 0.717) is 12.1 Å². The lowest BCUT2D eigenvalue weighted by Crippen LogP contribution is -2.33. The van der Waals surface area contributed by atoms with Crippen LogP contribution in [0.2, 0.25) is 0 Å². The number of benzene rings is 2. The number of amides is 1. The van der Waals surface area contributed by atoms with Crippen LogP contribution in [0.15, 0.2) is 48.5 Å². The van der Waals surface area contributed by atoms with E-state index >= 15 is 0 Å². The first-order valence-electron chi connectivity index (χ1n) is 9.15. The first-order valence-corrected chi connectivity index (χ1v) is 9.15. The van der Waals surface area contributed by atoms with Crippen molar-refractivity contribution >= 4 is 11.6 Å². The van der Waals surface area contributed by atoms with Crippen LogP contribution in [0.5, 0.6) is 5.75 Å². The number of aliphatic hydroxyl groups is 1. The Labute approximate surface area is 160 Å². The minimum absolute atomic E-state index is 0.101. The number of carbonyl (C=O) groups excluding carboxylic acids is 1.